The molecule has 4 aliphatic carbocycles. The lowest BCUT2D eigenvalue weighted by molar-refractivity contribution is -0.164. The molecule has 0 aromatic carbocycles. The van der Waals surface area contributed by atoms with Gasteiger partial charge in [0.15, 0.2) is 0 Å². The maximum Gasteiger partial charge on any atom is 0.302 e. The summed E-state index contributed by atoms with van der Waals surface area (Å²) >= 11 is 0. The minimum Gasteiger partial charge on any atom is -0.463 e. The molecule has 0 unspecified atom stereocenters. The van der Waals surface area contributed by atoms with Crippen LogP contribution < -0.4 is 0 Å². The van der Waals surface area contributed by atoms with Crippen LogP contribution in [-0.2, 0) is 14.3 Å². The maximum absolute atomic E-state index is 11.5. The van der Waals surface area contributed by atoms with E-state index in [0.717, 1.165) is 44.4 Å². The van der Waals surface area contributed by atoms with Crippen molar-refractivity contribution >= 4 is 5.97 Å². The minimum atomic E-state index is -0.914. The van der Waals surface area contributed by atoms with Gasteiger partial charge in [0, 0.05) is 12.3 Å². The zero-order valence-corrected chi connectivity index (χ0v) is 18.6. The largest absolute Gasteiger partial charge is 0.463 e. The maximum atomic E-state index is 11.5. The highest BCUT2D eigenvalue weighted by Gasteiger charge is 2.64. The first-order valence-electron chi connectivity index (χ1n) is 11.8. The molecule has 0 radical (unpaired) electrons. The molecule has 162 valence electrons. The molecule has 4 aliphatic rings. The van der Waals surface area contributed by atoms with Crippen LogP contribution >= 0.6 is 0 Å². The van der Waals surface area contributed by atoms with E-state index in [1.807, 2.05) is 6.92 Å². The van der Waals surface area contributed by atoms with Gasteiger partial charge in [-0.2, -0.15) is 0 Å². The van der Waals surface area contributed by atoms with Gasteiger partial charge in [0.2, 0.25) is 0 Å². The van der Waals surface area contributed by atoms with Crippen LogP contribution in [0, 0.1) is 46.5 Å². The van der Waals surface area contributed by atoms with Gasteiger partial charge in [-0.3, -0.25) is 4.79 Å². The van der Waals surface area contributed by atoms with Gasteiger partial charge in [-0.25, -0.2) is 0 Å². The lowest BCUT2D eigenvalue weighted by Crippen LogP contribution is -2.56. The van der Waals surface area contributed by atoms with Crippen LogP contribution in [0.4, 0.5) is 0 Å². The third kappa shape index (κ3) is 3.29. The van der Waals surface area contributed by atoms with Crippen LogP contribution in [0.2, 0.25) is 0 Å². The molecule has 1 N–H and O–H groups in total. The Balaban J connectivity index is 1.53. The van der Waals surface area contributed by atoms with Gasteiger partial charge < -0.3 is 14.6 Å². The van der Waals surface area contributed by atoms with Crippen molar-refractivity contribution in [3.8, 4) is 12.0 Å². The molecule has 4 nitrogen and oxygen atoms in total. The van der Waals surface area contributed by atoms with E-state index in [-0.39, 0.29) is 17.5 Å². The van der Waals surface area contributed by atoms with Gasteiger partial charge in [-0.15, -0.1) is 0 Å². The second-order valence-corrected chi connectivity index (χ2v) is 10.7. The summed E-state index contributed by atoms with van der Waals surface area (Å²) in [6, 6.07) is 0. The molecular weight excluding hydrogens is 364 g/mol. The smallest absolute Gasteiger partial charge is 0.302 e. The molecule has 4 heteroatoms. The van der Waals surface area contributed by atoms with Crippen molar-refractivity contribution in [3.05, 3.63) is 0 Å². The summed E-state index contributed by atoms with van der Waals surface area (Å²) in [5.41, 5.74) is -0.697. The van der Waals surface area contributed by atoms with Crippen LogP contribution in [0.3, 0.4) is 0 Å². The van der Waals surface area contributed by atoms with Crippen molar-refractivity contribution in [2.45, 2.75) is 97.2 Å². The fourth-order valence-electron chi connectivity index (χ4n) is 7.97. The van der Waals surface area contributed by atoms with Crippen LogP contribution in [0.25, 0.3) is 0 Å². The summed E-state index contributed by atoms with van der Waals surface area (Å²) < 4.78 is 10.8. The average molecular weight is 403 g/mol. The third-order valence-corrected chi connectivity index (χ3v) is 9.58. The number of rotatable bonds is 2. The lowest BCUT2D eigenvalue weighted by atomic mass is 9.44. The Morgan fingerprint density at radius 1 is 1.07 bits per heavy atom. The Morgan fingerprint density at radius 2 is 1.83 bits per heavy atom. The molecule has 8 atom stereocenters. The molecule has 29 heavy (non-hydrogen) atoms. The molecule has 4 saturated carbocycles. The van der Waals surface area contributed by atoms with Crippen LogP contribution in [-0.4, -0.2) is 29.4 Å². The number of carbonyl (C=O) groups excluding carboxylic acids is 1. The first-order valence-corrected chi connectivity index (χ1v) is 11.8. The van der Waals surface area contributed by atoms with E-state index < -0.39 is 5.60 Å². The lowest BCUT2D eigenvalue weighted by Gasteiger charge is -2.61. The minimum absolute atomic E-state index is 0.112. The summed E-state index contributed by atoms with van der Waals surface area (Å²) in [5.74, 6) is 5.59. The molecule has 0 aromatic rings. The van der Waals surface area contributed by atoms with E-state index in [1.54, 1.807) is 0 Å². The van der Waals surface area contributed by atoms with E-state index in [4.69, 9.17) is 9.47 Å². The highest BCUT2D eigenvalue weighted by molar-refractivity contribution is 5.66. The first kappa shape index (κ1) is 21.0. The number of aliphatic hydroxyl groups is 1. The molecule has 4 fully saturated rings. The fourth-order valence-corrected chi connectivity index (χ4v) is 7.97. The average Bonchev–Trinajstić information content (AvgIpc) is 2.93. The third-order valence-electron chi connectivity index (χ3n) is 9.58. The standard InChI is InChI=1S/C25H38O4/c1-5-28-15-14-25(27)13-10-22-20-7-6-18-16-19(29-17(2)26)8-11-23(18,3)21(20)9-12-24(22,25)4/h18-22,27H,5-13,16H2,1-4H3/t18-,19+,20+,21-,22+,23-,24-,25+/m0/s1. The normalized spacial score (nSPS) is 48.4. The van der Waals surface area contributed by atoms with E-state index in [9.17, 15) is 9.90 Å². The Morgan fingerprint density at radius 3 is 2.55 bits per heavy atom. The number of esters is 1. The Bertz CT molecular complexity index is 707. The van der Waals surface area contributed by atoms with Crippen molar-refractivity contribution in [3.63, 3.8) is 0 Å². The van der Waals surface area contributed by atoms with Crippen LogP contribution in [0.1, 0.15) is 85.5 Å². The van der Waals surface area contributed by atoms with Crippen molar-refractivity contribution < 1.29 is 19.4 Å². The molecule has 0 heterocycles. The van der Waals surface area contributed by atoms with Crippen molar-refractivity contribution in [1.82, 2.24) is 0 Å². The zero-order valence-electron chi connectivity index (χ0n) is 18.6. The first-order chi connectivity index (χ1) is 13.7. The van der Waals surface area contributed by atoms with E-state index in [2.05, 4.69) is 25.9 Å². The van der Waals surface area contributed by atoms with E-state index in [1.165, 1.54) is 26.2 Å². The predicted molar refractivity (Wildman–Crippen MR) is 112 cm³/mol. The molecule has 0 bridgehead atoms. The second-order valence-electron chi connectivity index (χ2n) is 10.7. The van der Waals surface area contributed by atoms with Crippen LogP contribution in [0.5, 0.6) is 0 Å². The molecule has 0 aliphatic heterocycles. The number of carbonyl (C=O) groups is 1. The van der Waals surface area contributed by atoms with E-state index >= 15 is 0 Å². The topological polar surface area (TPSA) is 55.8 Å². The molecule has 0 aromatic heterocycles. The highest BCUT2D eigenvalue weighted by atomic mass is 16.5. The summed E-state index contributed by atoms with van der Waals surface area (Å²) in [6.45, 7) is 8.81. The molecular formula is C25H38O4. The van der Waals surface area contributed by atoms with Crippen LogP contribution in [0.15, 0.2) is 0 Å². The Kier molecular flexibility index (Phi) is 5.43. The highest BCUT2D eigenvalue weighted by Crippen LogP contribution is 2.68. The van der Waals surface area contributed by atoms with Gasteiger partial charge in [0.05, 0.1) is 6.61 Å². The molecule has 0 spiro atoms. The number of hydrogen-bond donors (Lipinski definition) is 1. The zero-order chi connectivity index (χ0) is 20.9. The summed E-state index contributed by atoms with van der Waals surface area (Å²) in [5, 5.41) is 11.5. The monoisotopic (exact) mass is 402 g/mol. The molecule has 0 amide bonds. The number of ether oxygens (including phenoxy) is 2. The quantitative estimate of drug-likeness (QED) is 0.538. The van der Waals surface area contributed by atoms with Gasteiger partial charge >= 0.3 is 5.97 Å². The van der Waals surface area contributed by atoms with Gasteiger partial charge in [0.25, 0.3) is 0 Å². The molecule has 0 saturated heterocycles. The predicted octanol–water partition coefficient (Wildman–Crippen LogP) is 4.69. The summed E-state index contributed by atoms with van der Waals surface area (Å²) in [7, 11) is 0. The SMILES string of the molecule is CCOC#C[C@]1(O)CC[C@@H]2[C@@H]3CC[C@H]4C[C@H](OC(C)=O)CC[C@]4(C)[C@H]3CC[C@@]21C. The summed E-state index contributed by atoms with van der Waals surface area (Å²) in [6.07, 6.45) is 12.6. The molecule has 4 rings (SSSR count). The van der Waals surface area contributed by atoms with Crippen molar-refractivity contribution in [2.75, 3.05) is 6.61 Å². The van der Waals surface area contributed by atoms with Gasteiger partial charge in [0.1, 0.15) is 17.8 Å². The summed E-state index contributed by atoms with van der Waals surface area (Å²) in [4.78, 5) is 11.4. The Labute approximate surface area is 176 Å². The van der Waals surface area contributed by atoms with Gasteiger partial charge in [-0.1, -0.05) is 13.8 Å². The van der Waals surface area contributed by atoms with Crippen molar-refractivity contribution in [2.24, 2.45) is 34.5 Å². The number of fused-ring (bicyclic) bond motifs is 5. The van der Waals surface area contributed by atoms with Gasteiger partial charge in [-0.05, 0) is 99.7 Å². The second kappa shape index (κ2) is 7.49. The Hall–Kier alpha value is -1.21. The fraction of sp³-hybridized carbons (Fsp3) is 0.880. The number of hydrogen-bond acceptors (Lipinski definition) is 4. The van der Waals surface area contributed by atoms with Crippen molar-refractivity contribution in [1.29, 1.82) is 0 Å². The van der Waals surface area contributed by atoms with E-state index in [0.29, 0.717) is 29.8 Å².